The smallest absolute Gasteiger partial charge is 0.273 e. The Morgan fingerprint density at radius 3 is 2.96 bits per heavy atom. The van der Waals surface area contributed by atoms with Crippen molar-refractivity contribution in [3.05, 3.63) is 47.7 Å². The topological polar surface area (TPSA) is 76.4 Å². The molecular formula is C17H21N3O3. The largest absolute Gasteiger partial charge is 0.497 e. The number of methoxy groups -OCH3 is 1. The first-order valence-corrected chi connectivity index (χ1v) is 7.86. The van der Waals surface area contributed by atoms with Gasteiger partial charge in [-0.2, -0.15) is 0 Å². The zero-order valence-electron chi connectivity index (χ0n) is 13.2. The van der Waals surface area contributed by atoms with Crippen LogP contribution in [0.15, 0.2) is 34.9 Å². The molecule has 23 heavy (non-hydrogen) atoms. The van der Waals surface area contributed by atoms with E-state index in [-0.39, 0.29) is 11.9 Å². The van der Waals surface area contributed by atoms with Crippen LogP contribution in [-0.2, 0) is 6.42 Å². The van der Waals surface area contributed by atoms with E-state index < -0.39 is 0 Å². The maximum absolute atomic E-state index is 12.1. The fraction of sp³-hybridized carbons (Fsp3) is 0.412. The van der Waals surface area contributed by atoms with Gasteiger partial charge in [-0.1, -0.05) is 12.1 Å². The molecule has 1 fully saturated rings. The summed E-state index contributed by atoms with van der Waals surface area (Å²) in [5, 5.41) is 6.17. The Kier molecular flexibility index (Phi) is 4.92. The summed E-state index contributed by atoms with van der Waals surface area (Å²) in [5.74, 6) is 1.22. The minimum absolute atomic E-state index is 0.135. The lowest BCUT2D eigenvalue weighted by Crippen LogP contribution is -2.26. The molecule has 1 saturated heterocycles. The number of aromatic nitrogens is 1. The highest BCUT2D eigenvalue weighted by atomic mass is 16.5. The van der Waals surface area contributed by atoms with Crippen LogP contribution in [0.4, 0.5) is 0 Å². The SMILES string of the molecule is COc1ccc(CCNC(=O)c2coc(C3CCCN3)n2)cc1. The molecule has 1 amide bonds. The predicted octanol–water partition coefficient (Wildman–Crippen LogP) is 2.08. The van der Waals surface area contributed by atoms with Crippen LogP contribution in [-0.4, -0.2) is 31.1 Å². The molecule has 0 spiro atoms. The van der Waals surface area contributed by atoms with Gasteiger partial charge in [-0.15, -0.1) is 0 Å². The molecule has 6 nitrogen and oxygen atoms in total. The molecule has 2 aromatic rings. The Labute approximate surface area is 135 Å². The lowest BCUT2D eigenvalue weighted by atomic mass is 10.1. The Hall–Kier alpha value is -2.34. The van der Waals surface area contributed by atoms with Crippen LogP contribution in [0.5, 0.6) is 5.75 Å². The van der Waals surface area contributed by atoms with Gasteiger partial charge in [-0.05, 0) is 43.5 Å². The quantitative estimate of drug-likeness (QED) is 0.853. The summed E-state index contributed by atoms with van der Waals surface area (Å²) >= 11 is 0. The zero-order valence-corrected chi connectivity index (χ0v) is 13.2. The van der Waals surface area contributed by atoms with Gasteiger partial charge in [0.25, 0.3) is 5.91 Å². The molecule has 1 aromatic heterocycles. The van der Waals surface area contributed by atoms with Crippen LogP contribution in [0, 0.1) is 0 Å². The molecular weight excluding hydrogens is 294 g/mol. The minimum Gasteiger partial charge on any atom is -0.497 e. The fourth-order valence-electron chi connectivity index (χ4n) is 2.65. The zero-order chi connectivity index (χ0) is 16.1. The Bertz CT molecular complexity index is 645. The molecule has 1 atom stereocenters. The molecule has 6 heteroatoms. The van der Waals surface area contributed by atoms with Crippen molar-refractivity contribution in [3.63, 3.8) is 0 Å². The number of carbonyl (C=O) groups is 1. The maximum Gasteiger partial charge on any atom is 0.273 e. The van der Waals surface area contributed by atoms with Gasteiger partial charge in [0, 0.05) is 6.54 Å². The number of carbonyl (C=O) groups excluding carboxylic acids is 1. The van der Waals surface area contributed by atoms with Crippen molar-refractivity contribution >= 4 is 5.91 Å². The van der Waals surface area contributed by atoms with Crippen LogP contribution >= 0.6 is 0 Å². The van der Waals surface area contributed by atoms with Crippen molar-refractivity contribution in [3.8, 4) is 5.75 Å². The molecule has 1 unspecified atom stereocenters. The van der Waals surface area contributed by atoms with Crippen LogP contribution in [0.2, 0.25) is 0 Å². The molecule has 0 saturated carbocycles. The lowest BCUT2D eigenvalue weighted by molar-refractivity contribution is 0.0949. The molecule has 2 heterocycles. The highest BCUT2D eigenvalue weighted by molar-refractivity contribution is 5.91. The molecule has 1 aliphatic heterocycles. The average Bonchev–Trinajstić information content (AvgIpc) is 3.26. The van der Waals surface area contributed by atoms with Gasteiger partial charge in [0.05, 0.1) is 13.2 Å². The van der Waals surface area contributed by atoms with E-state index in [0.29, 0.717) is 18.1 Å². The van der Waals surface area contributed by atoms with Crippen LogP contribution in [0.1, 0.15) is 40.8 Å². The Morgan fingerprint density at radius 1 is 1.43 bits per heavy atom. The first-order chi connectivity index (χ1) is 11.3. The second-order valence-corrected chi connectivity index (χ2v) is 5.57. The molecule has 122 valence electrons. The predicted molar refractivity (Wildman–Crippen MR) is 85.5 cm³/mol. The second-order valence-electron chi connectivity index (χ2n) is 5.57. The van der Waals surface area contributed by atoms with Crippen molar-refractivity contribution in [1.82, 2.24) is 15.6 Å². The van der Waals surface area contributed by atoms with Crippen LogP contribution in [0.3, 0.4) is 0 Å². The summed E-state index contributed by atoms with van der Waals surface area (Å²) in [4.78, 5) is 16.4. The van der Waals surface area contributed by atoms with E-state index >= 15 is 0 Å². The summed E-state index contributed by atoms with van der Waals surface area (Å²) < 4.78 is 10.5. The van der Waals surface area contributed by atoms with Crippen molar-refractivity contribution in [2.45, 2.75) is 25.3 Å². The van der Waals surface area contributed by atoms with Crippen molar-refractivity contribution < 1.29 is 13.9 Å². The number of amides is 1. The van der Waals surface area contributed by atoms with Crippen molar-refractivity contribution in [2.75, 3.05) is 20.2 Å². The first-order valence-electron chi connectivity index (χ1n) is 7.86. The lowest BCUT2D eigenvalue weighted by Gasteiger charge is -2.05. The summed E-state index contributed by atoms with van der Waals surface area (Å²) in [6, 6.07) is 7.94. The molecule has 3 rings (SSSR count). The van der Waals surface area contributed by atoms with Gasteiger partial charge < -0.3 is 19.8 Å². The van der Waals surface area contributed by atoms with Gasteiger partial charge >= 0.3 is 0 Å². The highest BCUT2D eigenvalue weighted by Gasteiger charge is 2.22. The molecule has 2 N–H and O–H groups in total. The Morgan fingerprint density at radius 2 is 2.26 bits per heavy atom. The van der Waals surface area contributed by atoms with Crippen LogP contribution in [0.25, 0.3) is 0 Å². The number of nitrogens with zero attached hydrogens (tertiary/aromatic N) is 1. The molecule has 1 aromatic carbocycles. The minimum atomic E-state index is -0.202. The van der Waals surface area contributed by atoms with E-state index in [0.717, 1.165) is 37.1 Å². The number of ether oxygens (including phenoxy) is 1. The summed E-state index contributed by atoms with van der Waals surface area (Å²) in [6.07, 6.45) is 4.29. The first kappa shape index (κ1) is 15.6. The normalized spacial score (nSPS) is 17.2. The number of rotatable bonds is 6. The third kappa shape index (κ3) is 3.90. The third-order valence-corrected chi connectivity index (χ3v) is 3.97. The number of oxazole rings is 1. The van der Waals surface area contributed by atoms with Crippen molar-refractivity contribution in [2.24, 2.45) is 0 Å². The number of hydrogen-bond acceptors (Lipinski definition) is 5. The summed E-state index contributed by atoms with van der Waals surface area (Å²) in [6.45, 7) is 1.52. The van der Waals surface area contributed by atoms with E-state index in [9.17, 15) is 4.79 Å². The van der Waals surface area contributed by atoms with Crippen LogP contribution < -0.4 is 15.4 Å². The standard InChI is InChI=1S/C17H21N3O3/c1-22-13-6-4-12(5-7-13)8-10-19-16(21)15-11-23-17(20-15)14-3-2-9-18-14/h4-7,11,14,18H,2-3,8-10H2,1H3,(H,19,21). The third-order valence-electron chi connectivity index (χ3n) is 3.97. The number of benzene rings is 1. The van der Waals surface area contributed by atoms with E-state index in [2.05, 4.69) is 15.6 Å². The maximum atomic E-state index is 12.1. The van der Waals surface area contributed by atoms with Gasteiger partial charge in [0.2, 0.25) is 5.89 Å². The number of hydrogen-bond donors (Lipinski definition) is 2. The number of nitrogens with one attached hydrogen (secondary N) is 2. The van der Waals surface area contributed by atoms with E-state index in [1.54, 1.807) is 7.11 Å². The van der Waals surface area contributed by atoms with Gasteiger partial charge in [0.15, 0.2) is 5.69 Å². The van der Waals surface area contributed by atoms with Gasteiger partial charge in [-0.25, -0.2) is 4.98 Å². The van der Waals surface area contributed by atoms with Gasteiger partial charge in [0.1, 0.15) is 12.0 Å². The molecule has 0 radical (unpaired) electrons. The molecule has 1 aliphatic rings. The van der Waals surface area contributed by atoms with E-state index in [1.165, 1.54) is 6.26 Å². The molecule has 0 aliphatic carbocycles. The Balaban J connectivity index is 1.48. The second kappa shape index (κ2) is 7.28. The molecule has 0 bridgehead atoms. The van der Waals surface area contributed by atoms with E-state index in [1.807, 2.05) is 24.3 Å². The highest BCUT2D eigenvalue weighted by Crippen LogP contribution is 2.22. The summed E-state index contributed by atoms with van der Waals surface area (Å²) in [7, 11) is 1.64. The van der Waals surface area contributed by atoms with E-state index in [4.69, 9.17) is 9.15 Å². The van der Waals surface area contributed by atoms with Gasteiger partial charge in [-0.3, -0.25) is 4.79 Å². The average molecular weight is 315 g/mol. The summed E-state index contributed by atoms with van der Waals surface area (Å²) in [5.41, 5.74) is 1.48. The fourth-order valence-corrected chi connectivity index (χ4v) is 2.65. The monoisotopic (exact) mass is 315 g/mol. The van der Waals surface area contributed by atoms with Crippen molar-refractivity contribution in [1.29, 1.82) is 0 Å².